The van der Waals surface area contributed by atoms with Crippen LogP contribution in [0.1, 0.15) is 26.7 Å². The summed E-state index contributed by atoms with van der Waals surface area (Å²) in [5.74, 6) is -2.79. The van der Waals surface area contributed by atoms with Crippen LogP contribution in [-0.4, -0.2) is 23.7 Å². The van der Waals surface area contributed by atoms with E-state index in [-0.39, 0.29) is 12.8 Å². The molecule has 2 N–H and O–H groups in total. The second-order valence-electron chi connectivity index (χ2n) is 2.31. The van der Waals surface area contributed by atoms with Crippen molar-refractivity contribution in [3.05, 3.63) is 0 Å². The van der Waals surface area contributed by atoms with E-state index in [4.69, 9.17) is 10.8 Å². The van der Waals surface area contributed by atoms with Crippen LogP contribution in [0, 0.1) is 10.8 Å². The summed E-state index contributed by atoms with van der Waals surface area (Å²) in [5.41, 5.74) is 0. The zero-order chi connectivity index (χ0) is 11.1. The van der Waals surface area contributed by atoms with Crippen LogP contribution < -0.4 is 0 Å². The number of nitrogens with one attached hydrogen (secondary N) is 2. The molecule has 0 heterocycles. The number of carbonyl (C=O) groups excluding carboxylic acids is 2. The lowest BCUT2D eigenvalue weighted by Crippen LogP contribution is -2.24. The molecule has 0 atom stereocenters. The average Bonchev–Trinajstić information content (AvgIpc) is 2.17. The highest BCUT2D eigenvalue weighted by Crippen LogP contribution is 1.92. The molecular formula is C8H12N2O4. The molecule has 0 unspecified atom stereocenters. The first-order valence-corrected chi connectivity index (χ1v) is 4.10. The predicted octanol–water partition coefficient (Wildman–Crippen LogP) is 0.847. The molecule has 0 aliphatic rings. The summed E-state index contributed by atoms with van der Waals surface area (Å²) in [6, 6.07) is 0. The van der Waals surface area contributed by atoms with Gasteiger partial charge >= 0.3 is 11.9 Å². The molecular weight excluding hydrogens is 188 g/mol. The van der Waals surface area contributed by atoms with Crippen LogP contribution in [-0.2, 0) is 19.1 Å². The summed E-state index contributed by atoms with van der Waals surface area (Å²) in [7, 11) is 0. The van der Waals surface area contributed by atoms with E-state index in [1.807, 2.05) is 0 Å². The number of rotatable bonds is 2. The largest absolute Gasteiger partial charge is 0.402 e. The van der Waals surface area contributed by atoms with E-state index < -0.39 is 23.7 Å². The quantitative estimate of drug-likeness (QED) is 0.392. The lowest BCUT2D eigenvalue weighted by atomic mass is 10.5. The molecule has 0 aromatic carbocycles. The van der Waals surface area contributed by atoms with Crippen LogP contribution in [0.15, 0.2) is 0 Å². The van der Waals surface area contributed by atoms with E-state index in [1.165, 1.54) is 0 Å². The number of esters is 2. The molecule has 0 fully saturated rings. The Balaban J connectivity index is 4.07. The minimum absolute atomic E-state index is 0.0946. The van der Waals surface area contributed by atoms with Crippen molar-refractivity contribution >= 4 is 23.7 Å². The van der Waals surface area contributed by atoms with E-state index in [1.54, 1.807) is 13.8 Å². The average molecular weight is 200 g/mol. The van der Waals surface area contributed by atoms with Gasteiger partial charge in [0.2, 0.25) is 0 Å². The maximum atomic E-state index is 10.7. The van der Waals surface area contributed by atoms with Crippen LogP contribution >= 0.6 is 0 Å². The Morgan fingerprint density at radius 3 is 1.43 bits per heavy atom. The summed E-state index contributed by atoms with van der Waals surface area (Å²) in [6.07, 6.45) is 0.189. The van der Waals surface area contributed by atoms with Crippen molar-refractivity contribution in [3.63, 3.8) is 0 Å². The lowest BCUT2D eigenvalue weighted by molar-refractivity contribution is -0.137. The lowest BCUT2D eigenvalue weighted by Gasteiger charge is -2.05. The summed E-state index contributed by atoms with van der Waals surface area (Å²) in [4.78, 5) is 21.4. The van der Waals surface area contributed by atoms with Crippen LogP contribution in [0.2, 0.25) is 0 Å². The second-order valence-corrected chi connectivity index (χ2v) is 2.31. The van der Waals surface area contributed by atoms with Gasteiger partial charge in [0, 0.05) is 12.8 Å². The van der Waals surface area contributed by atoms with Gasteiger partial charge in [0.25, 0.3) is 11.8 Å². The normalized spacial score (nSPS) is 9.00. The Labute approximate surface area is 81.2 Å². The number of hydrogen-bond donors (Lipinski definition) is 2. The van der Waals surface area contributed by atoms with Crippen LogP contribution in [0.4, 0.5) is 0 Å². The Bertz CT molecular complexity index is 245. The molecule has 0 saturated carbocycles. The topological polar surface area (TPSA) is 100 Å². The molecule has 6 nitrogen and oxygen atoms in total. The zero-order valence-corrected chi connectivity index (χ0v) is 8.05. The predicted molar refractivity (Wildman–Crippen MR) is 48.2 cm³/mol. The molecule has 0 spiro atoms. The molecule has 6 heteroatoms. The summed E-state index contributed by atoms with van der Waals surface area (Å²) in [5, 5.41) is 14.1. The van der Waals surface area contributed by atoms with Crippen LogP contribution in [0.3, 0.4) is 0 Å². The van der Waals surface area contributed by atoms with Crippen molar-refractivity contribution in [2.45, 2.75) is 26.7 Å². The van der Waals surface area contributed by atoms with E-state index in [0.717, 1.165) is 0 Å². The minimum atomic E-state index is -0.751. The van der Waals surface area contributed by atoms with Gasteiger partial charge in [-0.05, 0) is 0 Å². The van der Waals surface area contributed by atoms with Gasteiger partial charge < -0.3 is 9.47 Å². The Hall–Kier alpha value is -1.72. The molecule has 0 aliphatic carbocycles. The molecule has 0 bridgehead atoms. The third kappa shape index (κ3) is 4.34. The van der Waals surface area contributed by atoms with Crippen molar-refractivity contribution in [3.8, 4) is 0 Å². The van der Waals surface area contributed by atoms with Crippen LogP contribution in [0.5, 0.6) is 0 Å². The van der Waals surface area contributed by atoms with E-state index in [9.17, 15) is 9.59 Å². The molecule has 0 radical (unpaired) electrons. The van der Waals surface area contributed by atoms with Gasteiger partial charge in [-0.1, -0.05) is 13.8 Å². The monoisotopic (exact) mass is 200 g/mol. The highest BCUT2D eigenvalue weighted by atomic mass is 16.6. The fraction of sp³-hybridized carbons (Fsp3) is 0.500. The first kappa shape index (κ1) is 12.3. The Morgan fingerprint density at radius 1 is 0.929 bits per heavy atom. The molecule has 78 valence electrons. The van der Waals surface area contributed by atoms with E-state index in [2.05, 4.69) is 9.47 Å². The van der Waals surface area contributed by atoms with Crippen molar-refractivity contribution in [2.24, 2.45) is 0 Å². The third-order valence-electron chi connectivity index (χ3n) is 1.22. The molecule has 14 heavy (non-hydrogen) atoms. The standard InChI is InChI=1S/C8H12N2O4/c1-3-5(11)13-7(9)8(10)14-6(12)4-2/h9-10H,3-4H2,1-2H3. The number of carbonyl (C=O) groups is 2. The van der Waals surface area contributed by atoms with Gasteiger partial charge in [0.1, 0.15) is 0 Å². The fourth-order valence-corrected chi connectivity index (χ4v) is 0.465. The first-order valence-electron chi connectivity index (χ1n) is 4.10. The highest BCUT2D eigenvalue weighted by Gasteiger charge is 2.14. The van der Waals surface area contributed by atoms with Crippen molar-refractivity contribution < 1.29 is 19.1 Å². The number of hydrogen-bond acceptors (Lipinski definition) is 6. The molecule has 0 amide bonds. The zero-order valence-electron chi connectivity index (χ0n) is 8.05. The summed E-state index contributed by atoms with van der Waals surface area (Å²) >= 11 is 0. The van der Waals surface area contributed by atoms with Gasteiger partial charge in [0.15, 0.2) is 0 Å². The van der Waals surface area contributed by atoms with Gasteiger partial charge in [0.05, 0.1) is 0 Å². The molecule has 0 saturated heterocycles. The van der Waals surface area contributed by atoms with E-state index in [0.29, 0.717) is 0 Å². The smallest absolute Gasteiger partial charge is 0.312 e. The third-order valence-corrected chi connectivity index (χ3v) is 1.22. The van der Waals surface area contributed by atoms with Gasteiger partial charge in [-0.15, -0.1) is 0 Å². The minimum Gasteiger partial charge on any atom is -0.402 e. The Kier molecular flexibility index (Phi) is 5.13. The highest BCUT2D eigenvalue weighted by molar-refractivity contribution is 6.35. The fourth-order valence-electron chi connectivity index (χ4n) is 0.465. The molecule has 0 aromatic heterocycles. The summed E-state index contributed by atoms with van der Waals surface area (Å²) in [6.45, 7) is 3.11. The van der Waals surface area contributed by atoms with Gasteiger partial charge in [-0.25, -0.2) is 0 Å². The molecule has 0 aromatic rings. The second kappa shape index (κ2) is 5.85. The maximum absolute atomic E-state index is 10.7. The van der Waals surface area contributed by atoms with Gasteiger partial charge in [-0.2, -0.15) is 0 Å². The van der Waals surface area contributed by atoms with Crippen molar-refractivity contribution in [1.29, 1.82) is 10.8 Å². The summed E-state index contributed by atoms with van der Waals surface area (Å²) < 4.78 is 8.70. The van der Waals surface area contributed by atoms with E-state index >= 15 is 0 Å². The number of ether oxygens (including phenoxy) is 2. The van der Waals surface area contributed by atoms with Gasteiger partial charge in [-0.3, -0.25) is 20.4 Å². The first-order chi connectivity index (χ1) is 6.51. The Morgan fingerprint density at radius 2 is 1.21 bits per heavy atom. The SMILES string of the molecule is CCC(=O)OC(=N)C(=N)OC(=O)CC. The molecule has 0 rings (SSSR count). The maximum Gasteiger partial charge on any atom is 0.312 e. The van der Waals surface area contributed by atoms with Crippen molar-refractivity contribution in [1.82, 2.24) is 0 Å². The molecule has 0 aliphatic heterocycles. The van der Waals surface area contributed by atoms with Crippen LogP contribution in [0.25, 0.3) is 0 Å². The van der Waals surface area contributed by atoms with Crippen molar-refractivity contribution in [2.75, 3.05) is 0 Å².